The summed E-state index contributed by atoms with van der Waals surface area (Å²) in [5.41, 5.74) is 3.82. The molecule has 1 heterocycles. The van der Waals surface area contributed by atoms with Crippen molar-refractivity contribution in [3.63, 3.8) is 0 Å². The molecule has 0 spiro atoms. The third-order valence-corrected chi connectivity index (χ3v) is 3.44. The Balaban J connectivity index is 2.62. The van der Waals surface area contributed by atoms with Crippen LogP contribution in [0.5, 0.6) is 0 Å². The predicted molar refractivity (Wildman–Crippen MR) is 84.0 cm³/mol. The molecule has 0 radical (unpaired) electrons. The molecule has 1 aromatic carbocycles. The topological polar surface area (TPSA) is 24.9 Å². The highest BCUT2D eigenvalue weighted by molar-refractivity contribution is 5.85. The fraction of sp³-hybridized carbons (Fsp3) is 0.471. The molecular weight excluding hydrogens is 232 g/mol. The summed E-state index contributed by atoms with van der Waals surface area (Å²) in [5.74, 6) is 1.54. The molecular formula is C17H24N2. The van der Waals surface area contributed by atoms with Gasteiger partial charge in [0.15, 0.2) is 0 Å². The Kier molecular flexibility index (Phi) is 4.41. The molecule has 0 saturated carbocycles. The third kappa shape index (κ3) is 2.89. The summed E-state index contributed by atoms with van der Waals surface area (Å²) in [7, 11) is 0. The molecule has 2 rings (SSSR count). The van der Waals surface area contributed by atoms with E-state index in [2.05, 4.69) is 57.3 Å². The number of rotatable bonds is 5. The van der Waals surface area contributed by atoms with Gasteiger partial charge < -0.3 is 5.32 Å². The van der Waals surface area contributed by atoms with E-state index in [4.69, 9.17) is 4.98 Å². The van der Waals surface area contributed by atoms with E-state index in [1.165, 1.54) is 16.5 Å². The largest absolute Gasteiger partial charge is 0.370 e. The molecule has 2 heteroatoms. The Bertz CT molecular complexity index is 558. The van der Waals surface area contributed by atoms with Gasteiger partial charge in [-0.3, -0.25) is 0 Å². The normalized spacial score (nSPS) is 11.2. The number of para-hydroxylation sites is 1. The van der Waals surface area contributed by atoms with Gasteiger partial charge in [0.1, 0.15) is 5.82 Å². The number of benzene rings is 1. The average Bonchev–Trinajstić information content (AvgIpc) is 2.39. The quantitative estimate of drug-likeness (QED) is 0.835. The molecule has 1 N–H and O–H groups in total. The van der Waals surface area contributed by atoms with Crippen molar-refractivity contribution in [3.8, 4) is 0 Å². The van der Waals surface area contributed by atoms with E-state index in [1.54, 1.807) is 0 Å². The fourth-order valence-corrected chi connectivity index (χ4v) is 2.50. The van der Waals surface area contributed by atoms with Crippen molar-refractivity contribution < 1.29 is 0 Å². The van der Waals surface area contributed by atoms with Crippen LogP contribution in [0.2, 0.25) is 0 Å². The fourth-order valence-electron chi connectivity index (χ4n) is 2.50. The first-order chi connectivity index (χ1) is 9.17. The molecule has 0 aliphatic carbocycles. The van der Waals surface area contributed by atoms with Gasteiger partial charge in [-0.2, -0.15) is 0 Å². The van der Waals surface area contributed by atoms with Crippen molar-refractivity contribution in [2.45, 2.75) is 46.5 Å². The number of pyridine rings is 1. The van der Waals surface area contributed by atoms with Gasteiger partial charge in [0, 0.05) is 11.9 Å². The zero-order valence-corrected chi connectivity index (χ0v) is 12.5. The first kappa shape index (κ1) is 13.9. The van der Waals surface area contributed by atoms with Crippen LogP contribution in [0.1, 0.15) is 51.2 Å². The van der Waals surface area contributed by atoms with Crippen LogP contribution in [0.4, 0.5) is 5.82 Å². The van der Waals surface area contributed by atoms with Gasteiger partial charge in [0.2, 0.25) is 0 Å². The number of aromatic nitrogens is 1. The first-order valence-corrected chi connectivity index (χ1v) is 7.33. The van der Waals surface area contributed by atoms with Crippen molar-refractivity contribution in [2.24, 2.45) is 0 Å². The number of fused-ring (bicyclic) bond motifs is 1. The molecule has 0 saturated heterocycles. The highest BCUT2D eigenvalue weighted by Crippen LogP contribution is 2.28. The smallest absolute Gasteiger partial charge is 0.130 e. The number of anilines is 1. The summed E-state index contributed by atoms with van der Waals surface area (Å²) in [6.07, 6.45) is 2.25. The van der Waals surface area contributed by atoms with Crippen LogP contribution in [0.15, 0.2) is 24.3 Å². The molecule has 2 aromatic rings. The first-order valence-electron chi connectivity index (χ1n) is 7.33. The zero-order valence-electron chi connectivity index (χ0n) is 12.5. The molecule has 0 amide bonds. The monoisotopic (exact) mass is 256 g/mol. The molecule has 102 valence electrons. The van der Waals surface area contributed by atoms with Gasteiger partial charge >= 0.3 is 0 Å². The third-order valence-electron chi connectivity index (χ3n) is 3.44. The Morgan fingerprint density at radius 3 is 2.63 bits per heavy atom. The van der Waals surface area contributed by atoms with Crippen LogP contribution >= 0.6 is 0 Å². The molecule has 0 bridgehead atoms. The highest BCUT2D eigenvalue weighted by Gasteiger charge is 2.11. The second-order valence-corrected chi connectivity index (χ2v) is 5.35. The maximum Gasteiger partial charge on any atom is 0.130 e. The molecule has 0 aliphatic rings. The maximum atomic E-state index is 4.89. The predicted octanol–water partition coefficient (Wildman–Crippen LogP) is 4.74. The van der Waals surface area contributed by atoms with E-state index in [0.29, 0.717) is 5.92 Å². The maximum absolute atomic E-state index is 4.89. The summed E-state index contributed by atoms with van der Waals surface area (Å²) >= 11 is 0. The summed E-state index contributed by atoms with van der Waals surface area (Å²) in [5, 5.41) is 4.67. The molecule has 0 aliphatic heterocycles. The minimum Gasteiger partial charge on any atom is -0.370 e. The number of nitrogens with one attached hydrogen (secondary N) is 1. The van der Waals surface area contributed by atoms with Crippen LogP contribution in [0.25, 0.3) is 10.9 Å². The number of hydrogen-bond donors (Lipinski definition) is 1. The second kappa shape index (κ2) is 6.05. The van der Waals surface area contributed by atoms with Crippen molar-refractivity contribution in [2.75, 3.05) is 11.9 Å². The van der Waals surface area contributed by atoms with Gasteiger partial charge in [-0.05, 0) is 36.5 Å². The lowest BCUT2D eigenvalue weighted by molar-refractivity contribution is 0.860. The molecule has 19 heavy (non-hydrogen) atoms. The standard InChI is InChI=1S/C17H24N2/c1-5-8-13-9-7-10-14-11-15(12(3)4)17(18-6-2)19-16(13)14/h7,9-12H,5-6,8H2,1-4H3,(H,18,19). The zero-order chi connectivity index (χ0) is 13.8. The highest BCUT2D eigenvalue weighted by atomic mass is 15.0. The number of aryl methyl sites for hydroxylation is 1. The second-order valence-electron chi connectivity index (χ2n) is 5.35. The van der Waals surface area contributed by atoms with Crippen LogP contribution in [0.3, 0.4) is 0 Å². The molecule has 2 nitrogen and oxygen atoms in total. The van der Waals surface area contributed by atoms with Gasteiger partial charge in [0.05, 0.1) is 5.52 Å². The summed E-state index contributed by atoms with van der Waals surface area (Å²) in [6, 6.07) is 8.81. The minimum absolute atomic E-state index is 0.487. The van der Waals surface area contributed by atoms with Crippen molar-refractivity contribution in [3.05, 3.63) is 35.4 Å². The number of nitrogens with zero attached hydrogens (tertiary/aromatic N) is 1. The van der Waals surface area contributed by atoms with Gasteiger partial charge in [0.25, 0.3) is 0 Å². The van der Waals surface area contributed by atoms with E-state index in [9.17, 15) is 0 Å². The Morgan fingerprint density at radius 2 is 2.00 bits per heavy atom. The summed E-state index contributed by atoms with van der Waals surface area (Å²) in [6.45, 7) is 9.69. The lowest BCUT2D eigenvalue weighted by atomic mass is 9.99. The van der Waals surface area contributed by atoms with Gasteiger partial charge in [-0.1, -0.05) is 45.4 Å². The minimum atomic E-state index is 0.487. The van der Waals surface area contributed by atoms with Crippen molar-refractivity contribution in [1.29, 1.82) is 0 Å². The van der Waals surface area contributed by atoms with Gasteiger partial charge in [-0.25, -0.2) is 4.98 Å². The average molecular weight is 256 g/mol. The van der Waals surface area contributed by atoms with E-state index in [0.717, 1.165) is 30.7 Å². The van der Waals surface area contributed by atoms with Crippen LogP contribution < -0.4 is 5.32 Å². The molecule has 1 aromatic heterocycles. The SMILES string of the molecule is CCCc1cccc2cc(C(C)C)c(NCC)nc12. The van der Waals surface area contributed by atoms with Crippen molar-refractivity contribution in [1.82, 2.24) is 4.98 Å². The Labute approximate surface area is 116 Å². The van der Waals surface area contributed by atoms with E-state index in [-0.39, 0.29) is 0 Å². The molecule has 0 fully saturated rings. The van der Waals surface area contributed by atoms with Gasteiger partial charge in [-0.15, -0.1) is 0 Å². The Hall–Kier alpha value is -1.57. The summed E-state index contributed by atoms with van der Waals surface area (Å²) in [4.78, 5) is 4.89. The molecule has 0 unspecified atom stereocenters. The van der Waals surface area contributed by atoms with Crippen LogP contribution in [0, 0.1) is 0 Å². The van der Waals surface area contributed by atoms with Crippen LogP contribution in [-0.4, -0.2) is 11.5 Å². The molecule has 0 atom stereocenters. The summed E-state index contributed by atoms with van der Waals surface area (Å²) < 4.78 is 0. The van der Waals surface area contributed by atoms with E-state index in [1.807, 2.05) is 0 Å². The van der Waals surface area contributed by atoms with E-state index >= 15 is 0 Å². The lowest BCUT2D eigenvalue weighted by Crippen LogP contribution is -2.05. The van der Waals surface area contributed by atoms with Crippen LogP contribution in [-0.2, 0) is 6.42 Å². The number of hydrogen-bond acceptors (Lipinski definition) is 2. The Morgan fingerprint density at radius 1 is 1.21 bits per heavy atom. The van der Waals surface area contributed by atoms with Crippen molar-refractivity contribution >= 4 is 16.7 Å². The lowest BCUT2D eigenvalue weighted by Gasteiger charge is -2.15. The van der Waals surface area contributed by atoms with E-state index < -0.39 is 0 Å².